The maximum absolute atomic E-state index is 13.7. The lowest BCUT2D eigenvalue weighted by Gasteiger charge is -2.19. The summed E-state index contributed by atoms with van der Waals surface area (Å²) in [6.07, 6.45) is -3.17. The average molecular weight is 437 g/mol. The Balaban J connectivity index is 2.01. The highest BCUT2D eigenvalue weighted by atomic mass is 32.2. The highest BCUT2D eigenvalue weighted by Crippen LogP contribution is 2.43. The Morgan fingerprint density at radius 1 is 1.17 bits per heavy atom. The van der Waals surface area contributed by atoms with E-state index >= 15 is 0 Å². The van der Waals surface area contributed by atoms with E-state index in [1.54, 1.807) is 6.07 Å². The molecule has 3 aromatic rings. The van der Waals surface area contributed by atoms with Crippen LogP contribution in [0.3, 0.4) is 0 Å². The van der Waals surface area contributed by atoms with Crippen molar-refractivity contribution in [2.24, 2.45) is 0 Å². The standard InChI is InChI=1S/C19H18F3N5O2S/c1-30(28,29)17-15(19(20,21)22)6-5-14(16(17)18-24-26-27-25-18)12-4-2-3-11(9-12)13-7-8-23-10-13/h2-6,9,13,23H,7-8,10H2,1H3,(H,24,25,26,27). The number of tetrazole rings is 1. The quantitative estimate of drug-likeness (QED) is 0.651. The van der Waals surface area contributed by atoms with Crippen molar-refractivity contribution in [1.29, 1.82) is 0 Å². The Hall–Kier alpha value is -2.79. The summed E-state index contributed by atoms with van der Waals surface area (Å²) in [6, 6.07) is 9.43. The van der Waals surface area contributed by atoms with Crippen LogP contribution in [0.5, 0.6) is 0 Å². The zero-order valence-corrected chi connectivity index (χ0v) is 16.7. The summed E-state index contributed by atoms with van der Waals surface area (Å²) in [4.78, 5) is -0.848. The van der Waals surface area contributed by atoms with Crippen molar-refractivity contribution >= 4 is 9.84 Å². The third kappa shape index (κ3) is 3.82. The molecule has 11 heteroatoms. The molecule has 0 spiro atoms. The van der Waals surface area contributed by atoms with Crippen LogP contribution in [-0.2, 0) is 16.0 Å². The molecule has 0 radical (unpaired) electrons. The third-order valence-corrected chi connectivity index (χ3v) is 6.31. The van der Waals surface area contributed by atoms with Crippen molar-refractivity contribution in [1.82, 2.24) is 25.9 Å². The van der Waals surface area contributed by atoms with E-state index in [2.05, 4.69) is 25.9 Å². The van der Waals surface area contributed by atoms with Gasteiger partial charge in [0.05, 0.1) is 10.5 Å². The molecule has 0 bridgehead atoms. The molecular formula is C19H18F3N5O2S. The van der Waals surface area contributed by atoms with Crippen LogP contribution < -0.4 is 5.32 Å². The summed E-state index contributed by atoms with van der Waals surface area (Å²) in [6.45, 7) is 1.70. The number of halogens is 3. The van der Waals surface area contributed by atoms with Crippen molar-refractivity contribution in [2.45, 2.75) is 23.4 Å². The van der Waals surface area contributed by atoms with Gasteiger partial charge in [-0.3, -0.25) is 0 Å². The van der Waals surface area contributed by atoms with E-state index < -0.39 is 26.5 Å². The molecule has 2 heterocycles. The Morgan fingerprint density at radius 3 is 2.57 bits per heavy atom. The molecule has 1 atom stereocenters. The highest BCUT2D eigenvalue weighted by molar-refractivity contribution is 7.91. The third-order valence-electron chi connectivity index (χ3n) is 5.15. The highest BCUT2D eigenvalue weighted by Gasteiger charge is 2.39. The van der Waals surface area contributed by atoms with Crippen LogP contribution in [0, 0.1) is 0 Å². The van der Waals surface area contributed by atoms with Crippen molar-refractivity contribution < 1.29 is 21.6 Å². The van der Waals surface area contributed by atoms with Gasteiger partial charge in [0.1, 0.15) is 0 Å². The first kappa shape index (κ1) is 20.5. The van der Waals surface area contributed by atoms with E-state index in [1.807, 2.05) is 18.2 Å². The zero-order valence-electron chi connectivity index (χ0n) is 15.9. The van der Waals surface area contributed by atoms with Gasteiger partial charge in [-0.2, -0.15) is 13.2 Å². The smallest absolute Gasteiger partial charge is 0.316 e. The predicted octanol–water partition coefficient (Wildman–Crippen LogP) is 3.03. The normalized spacial score (nSPS) is 17.4. The van der Waals surface area contributed by atoms with Gasteiger partial charge in [-0.25, -0.2) is 13.5 Å². The van der Waals surface area contributed by atoms with E-state index in [-0.39, 0.29) is 17.3 Å². The monoisotopic (exact) mass is 437 g/mol. The second-order valence-electron chi connectivity index (χ2n) is 7.20. The Bertz CT molecular complexity index is 1170. The van der Waals surface area contributed by atoms with Crippen molar-refractivity contribution in [3.05, 3.63) is 47.5 Å². The fourth-order valence-electron chi connectivity index (χ4n) is 3.83. The number of alkyl halides is 3. The number of benzene rings is 2. The van der Waals surface area contributed by atoms with Crippen LogP contribution in [0.25, 0.3) is 22.5 Å². The Morgan fingerprint density at radius 2 is 1.97 bits per heavy atom. The lowest BCUT2D eigenvalue weighted by molar-refractivity contribution is -0.139. The summed E-state index contributed by atoms with van der Waals surface area (Å²) in [5.41, 5.74) is 0.467. The SMILES string of the molecule is CS(=O)(=O)c1c(C(F)(F)F)ccc(-c2cccc(C3CCNC3)c2)c1-c1nnn[nH]1. The molecule has 0 amide bonds. The van der Waals surface area contributed by atoms with Crippen LogP contribution >= 0.6 is 0 Å². The molecule has 1 unspecified atom stereocenters. The summed E-state index contributed by atoms with van der Waals surface area (Å²) in [5.74, 6) is 0.133. The first-order chi connectivity index (χ1) is 14.2. The zero-order chi connectivity index (χ0) is 21.5. The molecule has 158 valence electrons. The molecule has 1 aliphatic rings. The average Bonchev–Trinajstić information content (AvgIpc) is 3.39. The van der Waals surface area contributed by atoms with E-state index in [4.69, 9.17) is 0 Å². The molecule has 7 nitrogen and oxygen atoms in total. The topological polar surface area (TPSA) is 101 Å². The van der Waals surface area contributed by atoms with Gasteiger partial charge in [-0.1, -0.05) is 30.3 Å². The van der Waals surface area contributed by atoms with Gasteiger partial charge >= 0.3 is 6.18 Å². The van der Waals surface area contributed by atoms with Crippen LogP contribution in [0.15, 0.2) is 41.3 Å². The number of rotatable bonds is 4. The van der Waals surface area contributed by atoms with Crippen LogP contribution in [0.4, 0.5) is 13.2 Å². The molecule has 1 aliphatic heterocycles. The first-order valence-electron chi connectivity index (χ1n) is 9.15. The van der Waals surface area contributed by atoms with Crippen LogP contribution in [0.1, 0.15) is 23.5 Å². The van der Waals surface area contributed by atoms with E-state index in [0.29, 0.717) is 11.1 Å². The van der Waals surface area contributed by atoms with E-state index in [9.17, 15) is 21.6 Å². The van der Waals surface area contributed by atoms with Crippen LogP contribution in [-0.4, -0.2) is 48.4 Å². The molecule has 2 N–H and O–H groups in total. The van der Waals surface area contributed by atoms with Crippen molar-refractivity contribution in [3.63, 3.8) is 0 Å². The minimum absolute atomic E-state index is 0.149. The second kappa shape index (κ2) is 7.47. The molecule has 4 rings (SSSR count). The number of aromatic nitrogens is 4. The number of H-pyrrole nitrogens is 1. The molecule has 1 aromatic heterocycles. The largest absolute Gasteiger partial charge is 0.417 e. The second-order valence-corrected chi connectivity index (χ2v) is 9.15. The fourth-order valence-corrected chi connectivity index (χ4v) is 4.99. The minimum atomic E-state index is -4.86. The lowest BCUT2D eigenvalue weighted by atomic mass is 9.91. The van der Waals surface area contributed by atoms with E-state index in [0.717, 1.165) is 37.4 Å². The van der Waals surface area contributed by atoms with Gasteiger partial charge in [0.2, 0.25) is 0 Å². The molecule has 0 aliphatic carbocycles. The van der Waals surface area contributed by atoms with Gasteiger partial charge in [-0.05, 0) is 52.1 Å². The number of nitrogens with one attached hydrogen (secondary N) is 2. The van der Waals surface area contributed by atoms with E-state index in [1.165, 1.54) is 6.07 Å². The van der Waals surface area contributed by atoms with Gasteiger partial charge in [0, 0.05) is 18.4 Å². The Labute approximate surface area is 170 Å². The molecular weight excluding hydrogens is 419 g/mol. The maximum Gasteiger partial charge on any atom is 0.417 e. The predicted molar refractivity (Wildman–Crippen MR) is 103 cm³/mol. The number of sulfone groups is 1. The van der Waals surface area contributed by atoms with Crippen molar-refractivity contribution in [3.8, 4) is 22.5 Å². The molecule has 1 saturated heterocycles. The maximum atomic E-state index is 13.7. The summed E-state index contributed by atoms with van der Waals surface area (Å²) >= 11 is 0. The summed E-state index contributed by atoms with van der Waals surface area (Å²) in [5, 5.41) is 16.3. The number of aromatic amines is 1. The number of hydrogen-bond donors (Lipinski definition) is 2. The van der Waals surface area contributed by atoms with Gasteiger partial charge in [-0.15, -0.1) is 5.10 Å². The molecule has 0 saturated carbocycles. The van der Waals surface area contributed by atoms with Gasteiger partial charge in [0.15, 0.2) is 15.7 Å². The Kier molecular flexibility index (Phi) is 5.10. The van der Waals surface area contributed by atoms with Gasteiger partial charge < -0.3 is 5.32 Å². The summed E-state index contributed by atoms with van der Waals surface area (Å²) in [7, 11) is -4.28. The summed E-state index contributed by atoms with van der Waals surface area (Å²) < 4.78 is 66.0. The first-order valence-corrected chi connectivity index (χ1v) is 11.0. The molecule has 1 fully saturated rings. The fraction of sp³-hybridized carbons (Fsp3) is 0.316. The minimum Gasteiger partial charge on any atom is -0.316 e. The molecule has 2 aromatic carbocycles. The number of hydrogen-bond acceptors (Lipinski definition) is 6. The number of nitrogens with zero attached hydrogens (tertiary/aromatic N) is 3. The van der Waals surface area contributed by atoms with Gasteiger partial charge in [0.25, 0.3) is 0 Å². The van der Waals surface area contributed by atoms with Crippen LogP contribution in [0.2, 0.25) is 0 Å². The van der Waals surface area contributed by atoms with Crippen molar-refractivity contribution in [2.75, 3.05) is 19.3 Å². The lowest BCUT2D eigenvalue weighted by Crippen LogP contribution is -2.15. The molecule has 30 heavy (non-hydrogen) atoms.